The average molecular weight is 214 g/mol. The Morgan fingerprint density at radius 3 is 2.88 bits per heavy atom. The maximum atomic E-state index is 4.28. The summed E-state index contributed by atoms with van der Waals surface area (Å²) in [5.41, 5.74) is 3.42. The lowest BCUT2D eigenvalue weighted by Crippen LogP contribution is -1.93. The van der Waals surface area contributed by atoms with Crippen LogP contribution in [-0.4, -0.2) is 29.9 Å². The van der Waals surface area contributed by atoms with Crippen LogP contribution in [0.3, 0.4) is 0 Å². The van der Waals surface area contributed by atoms with Crippen LogP contribution in [-0.2, 0) is 7.05 Å². The maximum Gasteiger partial charge on any atom is 0.141 e. The fourth-order valence-corrected chi connectivity index (χ4v) is 1.68. The molecular formula is C10H10N6. The molecule has 80 valence electrons. The van der Waals surface area contributed by atoms with Gasteiger partial charge < -0.3 is 4.98 Å². The molecule has 6 nitrogen and oxygen atoms in total. The summed E-state index contributed by atoms with van der Waals surface area (Å²) in [5.74, 6) is 0. The standard InChI is InChI=1S/C10H10N6/c1-6-8(14-15-16(6)2)9-7-3-4-11-10(7)13-5-12-9/h3-5H,1-2H3,(H,11,12,13). The lowest BCUT2D eigenvalue weighted by atomic mass is 10.2. The predicted octanol–water partition coefficient (Wildman–Crippen LogP) is 1.06. The number of rotatable bonds is 1. The van der Waals surface area contributed by atoms with Crippen LogP contribution in [0.25, 0.3) is 22.4 Å². The third kappa shape index (κ3) is 1.13. The molecule has 0 aliphatic heterocycles. The molecule has 3 aromatic rings. The molecule has 3 heterocycles. The molecule has 0 fully saturated rings. The van der Waals surface area contributed by atoms with Crippen molar-refractivity contribution in [2.45, 2.75) is 6.92 Å². The maximum absolute atomic E-state index is 4.28. The summed E-state index contributed by atoms with van der Waals surface area (Å²) in [6.45, 7) is 1.97. The quantitative estimate of drug-likeness (QED) is 0.657. The number of H-pyrrole nitrogens is 1. The Balaban J connectivity index is 2.33. The van der Waals surface area contributed by atoms with E-state index in [1.54, 1.807) is 4.68 Å². The van der Waals surface area contributed by atoms with Gasteiger partial charge in [0, 0.05) is 18.6 Å². The van der Waals surface area contributed by atoms with Crippen molar-refractivity contribution in [2.75, 3.05) is 0 Å². The van der Waals surface area contributed by atoms with Crippen LogP contribution in [0.2, 0.25) is 0 Å². The second-order valence-electron chi connectivity index (χ2n) is 3.61. The van der Waals surface area contributed by atoms with Crippen LogP contribution < -0.4 is 0 Å². The number of nitrogens with one attached hydrogen (secondary N) is 1. The molecule has 16 heavy (non-hydrogen) atoms. The van der Waals surface area contributed by atoms with Gasteiger partial charge in [-0.1, -0.05) is 5.21 Å². The second-order valence-corrected chi connectivity index (χ2v) is 3.61. The Kier molecular flexibility index (Phi) is 1.76. The first-order chi connectivity index (χ1) is 7.77. The van der Waals surface area contributed by atoms with E-state index in [2.05, 4.69) is 25.3 Å². The summed E-state index contributed by atoms with van der Waals surface area (Å²) in [7, 11) is 1.86. The van der Waals surface area contributed by atoms with E-state index >= 15 is 0 Å². The highest BCUT2D eigenvalue weighted by molar-refractivity contribution is 5.89. The summed E-state index contributed by atoms with van der Waals surface area (Å²) >= 11 is 0. The minimum atomic E-state index is 0.800. The summed E-state index contributed by atoms with van der Waals surface area (Å²) in [6, 6.07) is 1.94. The van der Waals surface area contributed by atoms with Crippen molar-refractivity contribution in [3.63, 3.8) is 0 Å². The summed E-state index contributed by atoms with van der Waals surface area (Å²) in [6.07, 6.45) is 3.37. The molecule has 3 rings (SSSR count). The molecule has 0 spiro atoms. The van der Waals surface area contributed by atoms with Crippen LogP contribution in [0.15, 0.2) is 18.6 Å². The summed E-state index contributed by atoms with van der Waals surface area (Å²) in [5, 5.41) is 9.07. The van der Waals surface area contributed by atoms with Gasteiger partial charge in [0.25, 0.3) is 0 Å². The van der Waals surface area contributed by atoms with E-state index in [4.69, 9.17) is 0 Å². The molecule has 1 N–H and O–H groups in total. The van der Waals surface area contributed by atoms with Gasteiger partial charge in [0.15, 0.2) is 0 Å². The molecule has 0 saturated heterocycles. The zero-order valence-electron chi connectivity index (χ0n) is 8.97. The lowest BCUT2D eigenvalue weighted by Gasteiger charge is -1.99. The number of hydrogen-bond donors (Lipinski definition) is 1. The van der Waals surface area contributed by atoms with E-state index < -0.39 is 0 Å². The zero-order chi connectivity index (χ0) is 11.1. The zero-order valence-corrected chi connectivity index (χ0v) is 8.97. The second kappa shape index (κ2) is 3.13. The number of fused-ring (bicyclic) bond motifs is 1. The van der Waals surface area contributed by atoms with Crippen LogP contribution in [0, 0.1) is 6.92 Å². The van der Waals surface area contributed by atoms with Gasteiger partial charge >= 0.3 is 0 Å². The fraction of sp³-hybridized carbons (Fsp3) is 0.200. The van der Waals surface area contributed by atoms with Crippen molar-refractivity contribution in [2.24, 2.45) is 7.05 Å². The van der Waals surface area contributed by atoms with Crippen LogP contribution in [0.5, 0.6) is 0 Å². The molecule has 6 heteroatoms. The van der Waals surface area contributed by atoms with Crippen molar-refractivity contribution >= 4 is 11.0 Å². The molecule has 0 atom stereocenters. The first-order valence-corrected chi connectivity index (χ1v) is 4.92. The highest BCUT2D eigenvalue weighted by Gasteiger charge is 2.13. The predicted molar refractivity (Wildman–Crippen MR) is 58.6 cm³/mol. The first kappa shape index (κ1) is 9.02. The molecule has 0 aliphatic rings. The van der Waals surface area contributed by atoms with Gasteiger partial charge in [-0.3, -0.25) is 4.68 Å². The summed E-state index contributed by atoms with van der Waals surface area (Å²) in [4.78, 5) is 11.5. The van der Waals surface area contributed by atoms with E-state index in [1.807, 2.05) is 26.2 Å². The largest absolute Gasteiger partial charge is 0.346 e. The number of nitrogens with zero attached hydrogens (tertiary/aromatic N) is 5. The normalized spacial score (nSPS) is 11.1. The minimum absolute atomic E-state index is 0.800. The SMILES string of the molecule is Cc1c(-c2ncnc3[nH]ccc23)nnn1C. The topological polar surface area (TPSA) is 72.3 Å². The van der Waals surface area contributed by atoms with E-state index in [0.29, 0.717) is 0 Å². The van der Waals surface area contributed by atoms with E-state index in [0.717, 1.165) is 28.1 Å². The van der Waals surface area contributed by atoms with Gasteiger partial charge in [0.05, 0.1) is 5.69 Å². The van der Waals surface area contributed by atoms with Gasteiger partial charge in [-0.2, -0.15) is 0 Å². The molecule has 0 saturated carbocycles. The number of hydrogen-bond acceptors (Lipinski definition) is 4. The third-order valence-corrected chi connectivity index (χ3v) is 2.69. The van der Waals surface area contributed by atoms with Gasteiger partial charge in [0.1, 0.15) is 23.4 Å². The monoisotopic (exact) mass is 214 g/mol. The number of aromatic nitrogens is 6. The van der Waals surface area contributed by atoms with Crippen LogP contribution in [0.4, 0.5) is 0 Å². The Morgan fingerprint density at radius 2 is 2.12 bits per heavy atom. The van der Waals surface area contributed by atoms with Crippen molar-refractivity contribution in [1.82, 2.24) is 29.9 Å². The number of aromatic amines is 1. The van der Waals surface area contributed by atoms with Crippen molar-refractivity contribution < 1.29 is 0 Å². The Morgan fingerprint density at radius 1 is 1.25 bits per heavy atom. The Labute approximate surface area is 91.3 Å². The fourth-order valence-electron chi connectivity index (χ4n) is 1.68. The highest BCUT2D eigenvalue weighted by atomic mass is 15.4. The minimum Gasteiger partial charge on any atom is -0.346 e. The van der Waals surface area contributed by atoms with Crippen molar-refractivity contribution in [1.29, 1.82) is 0 Å². The Bertz CT molecular complexity index is 650. The molecule has 0 bridgehead atoms. The van der Waals surface area contributed by atoms with Gasteiger partial charge in [-0.05, 0) is 13.0 Å². The molecule has 0 aliphatic carbocycles. The highest BCUT2D eigenvalue weighted by Crippen LogP contribution is 2.24. The Hall–Kier alpha value is -2.24. The van der Waals surface area contributed by atoms with Crippen molar-refractivity contribution in [3.8, 4) is 11.4 Å². The van der Waals surface area contributed by atoms with E-state index in [1.165, 1.54) is 6.33 Å². The third-order valence-electron chi connectivity index (χ3n) is 2.69. The first-order valence-electron chi connectivity index (χ1n) is 4.92. The molecular weight excluding hydrogens is 204 g/mol. The number of aryl methyl sites for hydroxylation is 1. The smallest absolute Gasteiger partial charge is 0.141 e. The molecule has 0 aromatic carbocycles. The van der Waals surface area contributed by atoms with Gasteiger partial charge in [0.2, 0.25) is 0 Å². The van der Waals surface area contributed by atoms with Crippen molar-refractivity contribution in [3.05, 3.63) is 24.3 Å². The van der Waals surface area contributed by atoms with E-state index in [-0.39, 0.29) is 0 Å². The van der Waals surface area contributed by atoms with Gasteiger partial charge in [-0.15, -0.1) is 5.10 Å². The average Bonchev–Trinajstić information content (AvgIpc) is 2.87. The van der Waals surface area contributed by atoms with Crippen LogP contribution >= 0.6 is 0 Å². The summed E-state index contributed by atoms with van der Waals surface area (Å²) < 4.78 is 1.73. The lowest BCUT2D eigenvalue weighted by molar-refractivity contribution is 0.696. The molecule has 0 unspecified atom stereocenters. The van der Waals surface area contributed by atoms with Crippen LogP contribution in [0.1, 0.15) is 5.69 Å². The van der Waals surface area contributed by atoms with E-state index in [9.17, 15) is 0 Å². The molecule has 0 amide bonds. The van der Waals surface area contributed by atoms with Gasteiger partial charge in [-0.25, -0.2) is 9.97 Å². The molecule has 0 radical (unpaired) electrons. The molecule has 3 aromatic heterocycles.